The number of thiazole rings is 1. The Balaban J connectivity index is 1.82. The standard InChI is InChI=1S/C16H17ClN2O3S2/c1-10-13(14(20)19-16(2)7-8-24(21,22)9-16)23-15(18-10)11-3-5-12(17)6-4-11/h3-6H,7-9H2,1-2H3,(H,19,20). The molecule has 128 valence electrons. The van der Waals surface area contributed by atoms with Crippen LogP contribution < -0.4 is 5.32 Å². The number of nitrogens with one attached hydrogen (secondary N) is 1. The summed E-state index contributed by atoms with van der Waals surface area (Å²) >= 11 is 7.18. The number of hydrogen-bond donors (Lipinski definition) is 1. The molecule has 1 N–H and O–H groups in total. The van der Waals surface area contributed by atoms with Gasteiger partial charge in [0.05, 0.1) is 22.7 Å². The second-order valence-electron chi connectivity index (χ2n) is 6.30. The quantitative estimate of drug-likeness (QED) is 0.882. The van der Waals surface area contributed by atoms with E-state index in [0.29, 0.717) is 22.0 Å². The molecule has 0 aliphatic carbocycles. The van der Waals surface area contributed by atoms with Gasteiger partial charge in [0.2, 0.25) is 0 Å². The lowest BCUT2D eigenvalue weighted by Gasteiger charge is -2.23. The predicted molar refractivity (Wildman–Crippen MR) is 96.4 cm³/mol. The molecule has 0 bridgehead atoms. The van der Waals surface area contributed by atoms with Gasteiger partial charge in [-0.25, -0.2) is 13.4 Å². The van der Waals surface area contributed by atoms with Gasteiger partial charge in [-0.05, 0) is 32.4 Å². The van der Waals surface area contributed by atoms with Crippen LogP contribution >= 0.6 is 22.9 Å². The second-order valence-corrected chi connectivity index (χ2v) is 9.92. The number of hydrogen-bond acceptors (Lipinski definition) is 5. The number of aryl methyl sites for hydroxylation is 1. The van der Waals surface area contributed by atoms with Gasteiger partial charge in [0, 0.05) is 10.6 Å². The highest BCUT2D eigenvalue weighted by Gasteiger charge is 2.40. The van der Waals surface area contributed by atoms with Crippen LogP contribution in [0.1, 0.15) is 28.7 Å². The van der Waals surface area contributed by atoms with Gasteiger partial charge in [-0.3, -0.25) is 4.79 Å². The number of carbonyl (C=O) groups is 1. The zero-order chi connectivity index (χ0) is 17.5. The summed E-state index contributed by atoms with van der Waals surface area (Å²) in [5.74, 6) is -0.181. The van der Waals surface area contributed by atoms with Gasteiger partial charge < -0.3 is 5.32 Å². The van der Waals surface area contributed by atoms with E-state index in [1.54, 1.807) is 26.0 Å². The van der Waals surface area contributed by atoms with Gasteiger partial charge in [0.1, 0.15) is 9.88 Å². The zero-order valence-corrected chi connectivity index (χ0v) is 15.7. The fourth-order valence-corrected chi connectivity index (χ4v) is 5.95. The molecule has 3 rings (SSSR count). The van der Waals surface area contributed by atoms with Crippen molar-refractivity contribution in [3.8, 4) is 10.6 Å². The summed E-state index contributed by atoms with van der Waals surface area (Å²) < 4.78 is 23.4. The predicted octanol–water partition coefficient (Wildman–Crippen LogP) is 3.08. The SMILES string of the molecule is Cc1nc(-c2ccc(Cl)cc2)sc1C(=O)NC1(C)CCS(=O)(=O)C1. The summed E-state index contributed by atoms with van der Waals surface area (Å²) in [5, 5.41) is 4.25. The minimum absolute atomic E-state index is 0.0202. The van der Waals surface area contributed by atoms with Crippen molar-refractivity contribution in [3.63, 3.8) is 0 Å². The first-order valence-corrected chi connectivity index (χ1v) is 10.5. The maximum absolute atomic E-state index is 12.6. The van der Waals surface area contributed by atoms with E-state index < -0.39 is 15.4 Å². The van der Waals surface area contributed by atoms with Crippen LogP contribution in [0.3, 0.4) is 0 Å². The molecule has 1 saturated heterocycles. The van der Waals surface area contributed by atoms with Crippen LogP contribution in [0.5, 0.6) is 0 Å². The van der Waals surface area contributed by atoms with Crippen LogP contribution in [0.15, 0.2) is 24.3 Å². The van der Waals surface area contributed by atoms with Gasteiger partial charge in [-0.15, -0.1) is 11.3 Å². The van der Waals surface area contributed by atoms with Crippen LogP contribution in [-0.2, 0) is 9.84 Å². The fourth-order valence-electron chi connectivity index (χ4n) is 2.76. The molecule has 2 heterocycles. The maximum Gasteiger partial charge on any atom is 0.263 e. The fraction of sp³-hybridized carbons (Fsp3) is 0.375. The number of benzene rings is 1. The van der Waals surface area contributed by atoms with Gasteiger partial charge in [-0.1, -0.05) is 23.7 Å². The number of amides is 1. The number of rotatable bonds is 3. The molecule has 5 nitrogen and oxygen atoms in total. The van der Waals surface area contributed by atoms with Crippen molar-refractivity contribution in [2.75, 3.05) is 11.5 Å². The Morgan fingerprint density at radius 2 is 2.00 bits per heavy atom. The summed E-state index contributed by atoms with van der Waals surface area (Å²) in [6.45, 7) is 3.55. The molecular formula is C16H17ClN2O3S2. The highest BCUT2D eigenvalue weighted by molar-refractivity contribution is 7.91. The Morgan fingerprint density at radius 3 is 2.58 bits per heavy atom. The van der Waals surface area contributed by atoms with E-state index in [1.165, 1.54) is 11.3 Å². The molecule has 1 aliphatic heterocycles. The lowest BCUT2D eigenvalue weighted by molar-refractivity contribution is 0.0919. The van der Waals surface area contributed by atoms with Crippen molar-refractivity contribution in [1.29, 1.82) is 0 Å². The van der Waals surface area contributed by atoms with Crippen LogP contribution in [0.2, 0.25) is 5.02 Å². The van der Waals surface area contributed by atoms with E-state index in [1.807, 2.05) is 12.1 Å². The summed E-state index contributed by atoms with van der Waals surface area (Å²) in [4.78, 5) is 17.5. The molecule has 2 aromatic rings. The summed E-state index contributed by atoms with van der Waals surface area (Å²) in [5.41, 5.74) is 0.806. The number of nitrogens with zero attached hydrogens (tertiary/aromatic N) is 1. The lowest BCUT2D eigenvalue weighted by Crippen LogP contribution is -2.46. The Bertz CT molecular complexity index is 891. The highest BCUT2D eigenvalue weighted by Crippen LogP contribution is 2.30. The first-order chi connectivity index (χ1) is 11.2. The second kappa shape index (κ2) is 6.13. The van der Waals surface area contributed by atoms with E-state index in [-0.39, 0.29) is 17.4 Å². The van der Waals surface area contributed by atoms with E-state index in [2.05, 4.69) is 10.3 Å². The van der Waals surface area contributed by atoms with Gasteiger partial charge in [0.15, 0.2) is 9.84 Å². The Kier molecular flexibility index (Phi) is 4.44. The molecule has 1 atom stereocenters. The Hall–Kier alpha value is -1.44. The molecule has 1 unspecified atom stereocenters. The average molecular weight is 385 g/mol. The van der Waals surface area contributed by atoms with Gasteiger partial charge >= 0.3 is 0 Å². The summed E-state index contributed by atoms with van der Waals surface area (Å²) in [6.07, 6.45) is 0.433. The Labute approximate surface area is 150 Å². The number of carbonyl (C=O) groups excluding carboxylic acids is 1. The monoisotopic (exact) mass is 384 g/mol. The molecule has 1 fully saturated rings. The van der Waals surface area contributed by atoms with Crippen molar-refractivity contribution >= 4 is 38.7 Å². The maximum atomic E-state index is 12.6. The van der Waals surface area contributed by atoms with E-state index in [4.69, 9.17) is 11.6 Å². The summed E-state index contributed by atoms with van der Waals surface area (Å²) in [7, 11) is -3.07. The van der Waals surface area contributed by atoms with E-state index in [0.717, 1.165) is 10.6 Å². The molecule has 1 aromatic heterocycles. The third-order valence-electron chi connectivity index (χ3n) is 4.01. The van der Waals surface area contributed by atoms with Crippen molar-refractivity contribution in [2.24, 2.45) is 0 Å². The van der Waals surface area contributed by atoms with Crippen LogP contribution in [0, 0.1) is 6.92 Å². The van der Waals surface area contributed by atoms with Gasteiger partial charge in [0.25, 0.3) is 5.91 Å². The Morgan fingerprint density at radius 1 is 1.33 bits per heavy atom. The average Bonchev–Trinajstić information content (AvgIpc) is 3.00. The molecule has 0 saturated carbocycles. The van der Waals surface area contributed by atoms with E-state index in [9.17, 15) is 13.2 Å². The van der Waals surface area contributed by atoms with Crippen molar-refractivity contribution in [2.45, 2.75) is 25.8 Å². The molecular weight excluding hydrogens is 368 g/mol. The smallest absolute Gasteiger partial charge is 0.263 e. The molecule has 0 radical (unpaired) electrons. The van der Waals surface area contributed by atoms with Crippen LogP contribution in [-0.4, -0.2) is 36.4 Å². The molecule has 1 aliphatic rings. The van der Waals surface area contributed by atoms with Crippen LogP contribution in [0.4, 0.5) is 0 Å². The first kappa shape index (κ1) is 17.4. The topological polar surface area (TPSA) is 76.1 Å². The third-order valence-corrected chi connectivity index (χ3v) is 7.37. The van der Waals surface area contributed by atoms with Crippen molar-refractivity contribution in [1.82, 2.24) is 10.3 Å². The number of aromatic nitrogens is 1. The lowest BCUT2D eigenvalue weighted by atomic mass is 10.0. The minimum atomic E-state index is -3.07. The minimum Gasteiger partial charge on any atom is -0.345 e. The highest BCUT2D eigenvalue weighted by atomic mass is 35.5. The van der Waals surface area contributed by atoms with Crippen molar-refractivity contribution in [3.05, 3.63) is 39.9 Å². The molecule has 8 heteroatoms. The molecule has 1 amide bonds. The third kappa shape index (κ3) is 3.63. The largest absolute Gasteiger partial charge is 0.345 e. The van der Waals surface area contributed by atoms with Gasteiger partial charge in [-0.2, -0.15) is 0 Å². The number of halogens is 1. The van der Waals surface area contributed by atoms with Crippen molar-refractivity contribution < 1.29 is 13.2 Å². The number of sulfone groups is 1. The summed E-state index contributed by atoms with van der Waals surface area (Å²) in [6, 6.07) is 7.26. The molecule has 24 heavy (non-hydrogen) atoms. The molecule has 0 spiro atoms. The van der Waals surface area contributed by atoms with E-state index >= 15 is 0 Å². The zero-order valence-electron chi connectivity index (χ0n) is 13.3. The molecule has 1 aromatic carbocycles. The van der Waals surface area contributed by atoms with Crippen LogP contribution in [0.25, 0.3) is 10.6 Å². The normalized spacial score (nSPS) is 22.5. The first-order valence-electron chi connectivity index (χ1n) is 7.44.